The zero-order valence-corrected chi connectivity index (χ0v) is 14.8. The molecule has 2 heterocycles. The second-order valence-corrected chi connectivity index (χ2v) is 6.90. The Labute approximate surface area is 150 Å². The van der Waals surface area contributed by atoms with Crippen LogP contribution in [0.1, 0.15) is 47.6 Å². The Balaban J connectivity index is 1.65. The average molecular weight is 352 g/mol. The van der Waals surface area contributed by atoms with E-state index < -0.39 is 5.91 Å². The molecule has 1 N–H and O–H groups in total. The van der Waals surface area contributed by atoms with Crippen molar-refractivity contribution in [3.05, 3.63) is 57.1 Å². The van der Waals surface area contributed by atoms with Crippen molar-refractivity contribution in [3.8, 4) is 0 Å². The van der Waals surface area contributed by atoms with Gasteiger partial charge in [-0.15, -0.1) is 0 Å². The number of hydrogen-bond acceptors (Lipinski definition) is 5. The Kier molecular flexibility index (Phi) is 4.11. The SMILES string of the molecule is CCc1ccc2oc(C(=O)Nc3onc4c3CC(C)CC4)cc(=O)c2c1. The van der Waals surface area contributed by atoms with Gasteiger partial charge >= 0.3 is 0 Å². The van der Waals surface area contributed by atoms with Crippen molar-refractivity contribution >= 4 is 22.8 Å². The van der Waals surface area contributed by atoms with Crippen LogP contribution >= 0.6 is 0 Å². The highest BCUT2D eigenvalue weighted by atomic mass is 16.5. The van der Waals surface area contributed by atoms with Gasteiger partial charge in [-0.2, -0.15) is 0 Å². The maximum Gasteiger partial charge on any atom is 0.293 e. The quantitative estimate of drug-likeness (QED) is 0.776. The third-order valence-corrected chi connectivity index (χ3v) is 4.95. The average Bonchev–Trinajstić information content (AvgIpc) is 3.03. The zero-order chi connectivity index (χ0) is 18.3. The van der Waals surface area contributed by atoms with Gasteiger partial charge in [0, 0.05) is 11.6 Å². The minimum absolute atomic E-state index is 0.0410. The normalized spacial score (nSPS) is 16.5. The summed E-state index contributed by atoms with van der Waals surface area (Å²) >= 11 is 0. The van der Waals surface area contributed by atoms with E-state index in [1.807, 2.05) is 13.0 Å². The van der Waals surface area contributed by atoms with Gasteiger partial charge in [-0.1, -0.05) is 25.1 Å². The largest absolute Gasteiger partial charge is 0.451 e. The van der Waals surface area contributed by atoms with Crippen LogP contribution in [0.25, 0.3) is 11.0 Å². The lowest BCUT2D eigenvalue weighted by atomic mass is 9.89. The zero-order valence-electron chi connectivity index (χ0n) is 14.8. The number of rotatable bonds is 3. The molecular formula is C20H20N2O4. The van der Waals surface area contributed by atoms with Crippen molar-refractivity contribution in [2.45, 2.75) is 39.5 Å². The molecule has 6 heteroatoms. The van der Waals surface area contributed by atoms with Gasteiger partial charge in [-0.3, -0.25) is 14.9 Å². The molecule has 1 unspecified atom stereocenters. The molecule has 0 saturated heterocycles. The van der Waals surface area contributed by atoms with E-state index in [1.54, 1.807) is 12.1 Å². The number of nitrogens with one attached hydrogen (secondary N) is 1. The Morgan fingerprint density at radius 2 is 2.19 bits per heavy atom. The van der Waals surface area contributed by atoms with Gasteiger partial charge in [0.1, 0.15) is 5.58 Å². The number of nitrogens with zero attached hydrogens (tertiary/aromatic N) is 1. The van der Waals surface area contributed by atoms with Crippen molar-refractivity contribution in [2.24, 2.45) is 5.92 Å². The predicted octanol–water partition coefficient (Wildman–Crippen LogP) is 3.72. The molecule has 6 nitrogen and oxygen atoms in total. The molecular weight excluding hydrogens is 332 g/mol. The van der Waals surface area contributed by atoms with E-state index >= 15 is 0 Å². The summed E-state index contributed by atoms with van der Waals surface area (Å²) in [4.78, 5) is 24.9. The van der Waals surface area contributed by atoms with Crippen LogP contribution in [0.3, 0.4) is 0 Å². The summed E-state index contributed by atoms with van der Waals surface area (Å²) in [6, 6.07) is 6.64. The summed E-state index contributed by atoms with van der Waals surface area (Å²) in [5, 5.41) is 7.22. The lowest BCUT2D eigenvalue weighted by molar-refractivity contribution is 0.0994. The highest BCUT2D eigenvalue weighted by Crippen LogP contribution is 2.30. The first-order valence-electron chi connectivity index (χ1n) is 8.90. The van der Waals surface area contributed by atoms with Crippen molar-refractivity contribution < 1.29 is 13.7 Å². The van der Waals surface area contributed by atoms with E-state index in [1.165, 1.54) is 6.07 Å². The monoisotopic (exact) mass is 352 g/mol. The first-order chi connectivity index (χ1) is 12.5. The number of carbonyl (C=O) groups is 1. The van der Waals surface area contributed by atoms with E-state index in [0.29, 0.717) is 22.8 Å². The fourth-order valence-electron chi connectivity index (χ4n) is 3.38. The molecule has 4 rings (SSSR count). The van der Waals surface area contributed by atoms with Crippen LogP contribution in [0.4, 0.5) is 5.88 Å². The molecule has 1 aliphatic carbocycles. The maximum atomic E-state index is 12.6. The standard InChI is InChI=1S/C20H20N2O4/c1-3-12-5-7-17-14(9-12)16(23)10-18(25-17)19(24)21-20-13-8-11(2)4-6-15(13)22-26-20/h5,7,9-11H,3-4,6,8H2,1-2H3,(H,21,24). The van der Waals surface area contributed by atoms with Crippen LogP contribution in [-0.4, -0.2) is 11.1 Å². The first-order valence-corrected chi connectivity index (χ1v) is 8.90. The highest BCUT2D eigenvalue weighted by Gasteiger charge is 2.25. The highest BCUT2D eigenvalue weighted by molar-refractivity contribution is 6.02. The molecule has 3 aromatic rings. The molecule has 1 atom stereocenters. The maximum absolute atomic E-state index is 12.6. The van der Waals surface area contributed by atoms with Gasteiger partial charge in [-0.05, 0) is 49.3 Å². The number of benzene rings is 1. The van der Waals surface area contributed by atoms with E-state index in [-0.39, 0.29) is 11.2 Å². The Morgan fingerprint density at radius 1 is 1.35 bits per heavy atom. The van der Waals surface area contributed by atoms with Crippen LogP contribution in [0.15, 0.2) is 38.0 Å². The topological polar surface area (TPSA) is 85.3 Å². The first kappa shape index (κ1) is 16.6. The van der Waals surface area contributed by atoms with E-state index in [4.69, 9.17) is 8.94 Å². The molecule has 26 heavy (non-hydrogen) atoms. The third kappa shape index (κ3) is 2.92. The Bertz CT molecular complexity index is 1050. The number of hydrogen-bond donors (Lipinski definition) is 1. The Morgan fingerprint density at radius 3 is 3.00 bits per heavy atom. The van der Waals surface area contributed by atoms with Gasteiger partial charge in [0.25, 0.3) is 5.91 Å². The smallest absolute Gasteiger partial charge is 0.293 e. The van der Waals surface area contributed by atoms with Gasteiger partial charge in [0.2, 0.25) is 5.88 Å². The van der Waals surface area contributed by atoms with Gasteiger partial charge < -0.3 is 8.94 Å². The minimum atomic E-state index is -0.513. The van der Waals surface area contributed by atoms with Crippen LogP contribution in [0.5, 0.6) is 0 Å². The lowest BCUT2D eigenvalue weighted by Crippen LogP contribution is -2.17. The van der Waals surface area contributed by atoms with Crippen molar-refractivity contribution in [1.29, 1.82) is 0 Å². The van der Waals surface area contributed by atoms with E-state index in [2.05, 4.69) is 17.4 Å². The number of amides is 1. The van der Waals surface area contributed by atoms with Crippen LogP contribution in [0, 0.1) is 5.92 Å². The molecule has 0 bridgehead atoms. The van der Waals surface area contributed by atoms with Crippen molar-refractivity contribution in [3.63, 3.8) is 0 Å². The molecule has 0 spiro atoms. The molecule has 0 radical (unpaired) electrons. The molecule has 1 aliphatic rings. The summed E-state index contributed by atoms with van der Waals surface area (Å²) in [6.07, 6.45) is 3.55. The van der Waals surface area contributed by atoms with Crippen molar-refractivity contribution in [1.82, 2.24) is 5.16 Å². The molecule has 1 aromatic carbocycles. The third-order valence-electron chi connectivity index (χ3n) is 4.95. The summed E-state index contributed by atoms with van der Waals surface area (Å²) in [6.45, 7) is 4.18. The Hall–Kier alpha value is -2.89. The molecule has 134 valence electrons. The van der Waals surface area contributed by atoms with Crippen LogP contribution < -0.4 is 10.7 Å². The number of aryl methyl sites for hydroxylation is 2. The summed E-state index contributed by atoms with van der Waals surface area (Å²) in [5.41, 5.74) is 3.04. The lowest BCUT2D eigenvalue weighted by Gasteiger charge is -2.16. The number of carbonyl (C=O) groups excluding carboxylic acids is 1. The van der Waals surface area contributed by atoms with E-state index in [9.17, 15) is 9.59 Å². The summed E-state index contributed by atoms with van der Waals surface area (Å²) in [5.74, 6) is 0.311. The fraction of sp³-hybridized carbons (Fsp3) is 0.350. The summed E-state index contributed by atoms with van der Waals surface area (Å²) < 4.78 is 10.9. The predicted molar refractivity (Wildman–Crippen MR) is 97.5 cm³/mol. The van der Waals surface area contributed by atoms with Crippen LogP contribution in [0.2, 0.25) is 0 Å². The fourth-order valence-corrected chi connectivity index (χ4v) is 3.38. The second-order valence-electron chi connectivity index (χ2n) is 6.90. The summed E-state index contributed by atoms with van der Waals surface area (Å²) in [7, 11) is 0. The molecule has 0 aliphatic heterocycles. The number of aromatic nitrogens is 1. The number of fused-ring (bicyclic) bond motifs is 2. The minimum Gasteiger partial charge on any atom is -0.451 e. The molecule has 1 amide bonds. The van der Waals surface area contributed by atoms with Crippen LogP contribution in [-0.2, 0) is 19.3 Å². The molecule has 2 aromatic heterocycles. The molecule has 0 fully saturated rings. The van der Waals surface area contributed by atoms with Crippen molar-refractivity contribution in [2.75, 3.05) is 5.32 Å². The number of anilines is 1. The van der Waals surface area contributed by atoms with E-state index in [0.717, 1.165) is 42.5 Å². The molecule has 0 saturated carbocycles. The van der Waals surface area contributed by atoms with Gasteiger partial charge in [-0.25, -0.2) is 0 Å². The van der Waals surface area contributed by atoms with Gasteiger partial charge in [0.15, 0.2) is 11.2 Å². The second kappa shape index (κ2) is 6.44. The van der Waals surface area contributed by atoms with Gasteiger partial charge in [0.05, 0.1) is 11.1 Å².